The molecule has 1 rings (SSSR count). The Bertz CT molecular complexity index is 148. The van der Waals surface area contributed by atoms with Crippen molar-refractivity contribution in [1.29, 1.82) is 5.41 Å². The molecule has 1 heteroatoms. The Morgan fingerprint density at radius 3 is 2.64 bits per heavy atom. The van der Waals surface area contributed by atoms with Gasteiger partial charge in [-0.15, -0.1) is 0 Å². The van der Waals surface area contributed by atoms with Crippen LogP contribution < -0.4 is 0 Å². The molecule has 0 radical (unpaired) electrons. The monoisotopic (exact) mass is 151 g/mol. The van der Waals surface area contributed by atoms with Gasteiger partial charge in [-0.1, -0.05) is 12.2 Å². The van der Waals surface area contributed by atoms with E-state index in [4.69, 9.17) is 5.41 Å². The third-order valence-corrected chi connectivity index (χ3v) is 2.41. The first-order chi connectivity index (χ1) is 5.33. The van der Waals surface area contributed by atoms with Gasteiger partial charge in [-0.05, 0) is 44.9 Å². The summed E-state index contributed by atoms with van der Waals surface area (Å²) < 4.78 is 0. The van der Waals surface area contributed by atoms with E-state index in [1.165, 1.54) is 19.3 Å². The molecule has 1 aliphatic carbocycles. The molecule has 1 nitrogen and oxygen atoms in total. The molecule has 0 atom stereocenters. The highest BCUT2D eigenvalue weighted by molar-refractivity contribution is 5.81. The van der Waals surface area contributed by atoms with Gasteiger partial charge in [0.2, 0.25) is 0 Å². The molecule has 1 saturated carbocycles. The molecular formula is C10H17N. The number of hydrogen-bond acceptors (Lipinski definition) is 1. The maximum atomic E-state index is 7.44. The molecule has 11 heavy (non-hydrogen) atoms. The van der Waals surface area contributed by atoms with Crippen molar-refractivity contribution in [3.05, 3.63) is 12.2 Å². The lowest BCUT2D eigenvalue weighted by Gasteiger charge is -2.20. The Labute approximate surface area is 69.0 Å². The highest BCUT2D eigenvalue weighted by atomic mass is 14.4. The van der Waals surface area contributed by atoms with Crippen LogP contribution in [0.15, 0.2) is 12.2 Å². The Morgan fingerprint density at radius 2 is 2.09 bits per heavy atom. The van der Waals surface area contributed by atoms with Crippen molar-refractivity contribution >= 4 is 5.71 Å². The molecule has 0 aromatic rings. The second-order valence-electron chi connectivity index (χ2n) is 3.35. The van der Waals surface area contributed by atoms with Gasteiger partial charge < -0.3 is 5.41 Å². The third-order valence-electron chi connectivity index (χ3n) is 2.41. The molecule has 0 aliphatic heterocycles. The number of hydrogen-bond donors (Lipinski definition) is 1. The van der Waals surface area contributed by atoms with Crippen LogP contribution in [0.25, 0.3) is 0 Å². The van der Waals surface area contributed by atoms with Crippen LogP contribution in [0.4, 0.5) is 0 Å². The van der Waals surface area contributed by atoms with Gasteiger partial charge in [0.25, 0.3) is 0 Å². The number of allylic oxidation sites excluding steroid dienone is 2. The molecule has 0 aromatic heterocycles. The fourth-order valence-electron chi connectivity index (χ4n) is 1.59. The molecule has 0 unspecified atom stereocenters. The van der Waals surface area contributed by atoms with Crippen molar-refractivity contribution in [1.82, 2.24) is 0 Å². The molecule has 1 fully saturated rings. The predicted octanol–water partition coefficient (Wildman–Crippen LogP) is 3.16. The van der Waals surface area contributed by atoms with Crippen LogP contribution in [0.5, 0.6) is 0 Å². The van der Waals surface area contributed by atoms with Gasteiger partial charge in [-0.2, -0.15) is 0 Å². The van der Waals surface area contributed by atoms with Crippen LogP contribution >= 0.6 is 0 Å². The van der Waals surface area contributed by atoms with Gasteiger partial charge in [-0.25, -0.2) is 0 Å². The topological polar surface area (TPSA) is 23.9 Å². The second kappa shape index (κ2) is 4.32. The normalized spacial score (nSPS) is 26.3. The number of nitrogens with one attached hydrogen (secondary N) is 1. The first-order valence-electron chi connectivity index (χ1n) is 4.50. The van der Waals surface area contributed by atoms with Gasteiger partial charge in [-0.3, -0.25) is 0 Å². The Balaban J connectivity index is 2.22. The van der Waals surface area contributed by atoms with Crippen molar-refractivity contribution < 1.29 is 0 Å². The highest BCUT2D eigenvalue weighted by Gasteiger charge is 2.14. The third kappa shape index (κ3) is 2.87. The molecule has 1 N–H and O–H groups in total. The predicted molar refractivity (Wildman–Crippen MR) is 49.1 cm³/mol. The largest absolute Gasteiger partial charge is 0.310 e. The Kier molecular flexibility index (Phi) is 3.34. The van der Waals surface area contributed by atoms with Crippen LogP contribution in [-0.2, 0) is 0 Å². The van der Waals surface area contributed by atoms with E-state index in [9.17, 15) is 0 Å². The summed E-state index contributed by atoms with van der Waals surface area (Å²) >= 11 is 0. The van der Waals surface area contributed by atoms with Gasteiger partial charge in [0.1, 0.15) is 0 Å². The summed E-state index contributed by atoms with van der Waals surface area (Å²) in [6.07, 6.45) is 10.2. The van der Waals surface area contributed by atoms with Crippen molar-refractivity contribution in [3.63, 3.8) is 0 Å². The lowest BCUT2D eigenvalue weighted by molar-refractivity contribution is 0.446. The average Bonchev–Trinajstić information content (AvgIpc) is 2.04. The minimum Gasteiger partial charge on any atom is -0.310 e. The van der Waals surface area contributed by atoms with E-state index in [0.717, 1.165) is 24.5 Å². The molecule has 0 amide bonds. The first kappa shape index (κ1) is 8.51. The van der Waals surface area contributed by atoms with E-state index in [-0.39, 0.29) is 0 Å². The molecule has 0 saturated heterocycles. The molecule has 62 valence electrons. The van der Waals surface area contributed by atoms with Crippen LogP contribution in [0, 0.1) is 11.3 Å². The molecule has 0 spiro atoms. The number of rotatable bonds is 2. The molecule has 0 bridgehead atoms. The zero-order valence-corrected chi connectivity index (χ0v) is 7.27. The lowest BCUT2D eigenvalue weighted by Crippen LogP contribution is -2.12. The Hall–Kier alpha value is -0.590. The SMILES string of the molecule is C/C=C\CC1CCC(=N)CC1. The second-order valence-corrected chi connectivity index (χ2v) is 3.35. The lowest BCUT2D eigenvalue weighted by atomic mass is 9.86. The van der Waals surface area contributed by atoms with Crippen molar-refractivity contribution in [2.75, 3.05) is 0 Å². The standard InChI is InChI=1S/C10H17N/c1-2-3-4-9-5-7-10(11)8-6-9/h2-3,9,11H,4-8H2,1H3/b3-2-,11-10?. The maximum Gasteiger partial charge on any atom is 0.00893 e. The van der Waals surface area contributed by atoms with Crippen LogP contribution in [0.2, 0.25) is 0 Å². The molecular weight excluding hydrogens is 134 g/mol. The van der Waals surface area contributed by atoms with E-state index < -0.39 is 0 Å². The quantitative estimate of drug-likeness (QED) is 0.586. The van der Waals surface area contributed by atoms with Crippen molar-refractivity contribution in [2.24, 2.45) is 5.92 Å². The zero-order valence-electron chi connectivity index (χ0n) is 7.27. The van der Waals surface area contributed by atoms with E-state index in [0.29, 0.717) is 0 Å². The van der Waals surface area contributed by atoms with Crippen molar-refractivity contribution in [3.8, 4) is 0 Å². The van der Waals surface area contributed by atoms with E-state index in [2.05, 4.69) is 19.1 Å². The molecule has 0 heterocycles. The summed E-state index contributed by atoms with van der Waals surface area (Å²) in [5.74, 6) is 0.861. The minimum absolute atomic E-state index is 0.861. The fraction of sp³-hybridized carbons (Fsp3) is 0.700. The van der Waals surface area contributed by atoms with Crippen LogP contribution in [0.1, 0.15) is 39.0 Å². The summed E-state index contributed by atoms with van der Waals surface area (Å²) in [6, 6.07) is 0. The van der Waals surface area contributed by atoms with Crippen LogP contribution in [-0.4, -0.2) is 5.71 Å². The van der Waals surface area contributed by atoms with Crippen LogP contribution in [0.3, 0.4) is 0 Å². The van der Waals surface area contributed by atoms with Gasteiger partial charge in [0.15, 0.2) is 0 Å². The summed E-state index contributed by atoms with van der Waals surface area (Å²) in [5, 5.41) is 7.44. The summed E-state index contributed by atoms with van der Waals surface area (Å²) in [6.45, 7) is 2.07. The fourth-order valence-corrected chi connectivity index (χ4v) is 1.59. The average molecular weight is 151 g/mol. The highest BCUT2D eigenvalue weighted by Crippen LogP contribution is 2.24. The van der Waals surface area contributed by atoms with Gasteiger partial charge in [0, 0.05) is 5.71 Å². The summed E-state index contributed by atoms with van der Waals surface area (Å²) in [7, 11) is 0. The van der Waals surface area contributed by atoms with Gasteiger partial charge >= 0.3 is 0 Å². The maximum absolute atomic E-state index is 7.44. The molecule has 1 aliphatic rings. The zero-order chi connectivity index (χ0) is 8.10. The minimum atomic E-state index is 0.861. The van der Waals surface area contributed by atoms with E-state index in [1.807, 2.05) is 0 Å². The summed E-state index contributed by atoms with van der Waals surface area (Å²) in [4.78, 5) is 0. The molecule has 0 aromatic carbocycles. The first-order valence-corrected chi connectivity index (χ1v) is 4.50. The van der Waals surface area contributed by atoms with E-state index >= 15 is 0 Å². The van der Waals surface area contributed by atoms with E-state index in [1.54, 1.807) is 0 Å². The Morgan fingerprint density at radius 1 is 1.45 bits per heavy atom. The van der Waals surface area contributed by atoms with Gasteiger partial charge in [0.05, 0.1) is 0 Å². The van der Waals surface area contributed by atoms with Crippen molar-refractivity contribution in [2.45, 2.75) is 39.0 Å². The smallest absolute Gasteiger partial charge is 0.00893 e. The summed E-state index contributed by atoms with van der Waals surface area (Å²) in [5.41, 5.74) is 0.960.